The van der Waals surface area contributed by atoms with Gasteiger partial charge in [0, 0.05) is 11.3 Å². The van der Waals surface area contributed by atoms with Gasteiger partial charge in [0.15, 0.2) is 6.61 Å². The van der Waals surface area contributed by atoms with Crippen LogP contribution in [0.3, 0.4) is 0 Å². The van der Waals surface area contributed by atoms with Crippen molar-refractivity contribution in [1.82, 2.24) is 5.32 Å². The highest BCUT2D eigenvalue weighted by molar-refractivity contribution is 6.03. The van der Waals surface area contributed by atoms with Crippen LogP contribution in [0.1, 0.15) is 22.0 Å². The Labute approximate surface area is 173 Å². The second-order valence-electron chi connectivity index (χ2n) is 6.72. The van der Waals surface area contributed by atoms with Crippen molar-refractivity contribution in [3.63, 3.8) is 0 Å². The summed E-state index contributed by atoms with van der Waals surface area (Å²) in [5.74, 6) is -0.609. The number of fused-ring (bicyclic) bond motifs is 1. The van der Waals surface area contributed by atoms with E-state index in [0.29, 0.717) is 28.3 Å². The molecule has 1 aliphatic rings. The molecule has 4 rings (SSSR count). The minimum absolute atomic E-state index is 0.0612. The monoisotopic (exact) mass is 401 g/mol. The summed E-state index contributed by atoms with van der Waals surface area (Å²) in [5.41, 5.74) is 2.00. The summed E-state index contributed by atoms with van der Waals surface area (Å²) >= 11 is 0. The number of para-hydroxylation sites is 1. The van der Waals surface area contributed by atoms with Crippen molar-refractivity contribution in [3.05, 3.63) is 90.0 Å². The standard InChI is InChI=1S/C23H19N3O4/c27-20-14-30-19-12-11-16(13-18(19)25-20)22(28)26-21(15-7-3-1-4-8-15)23(29)24-17-9-5-2-6-10-17/h1-13,21H,14H2,(H,24,29)(H,25,27)(H,26,28). The molecule has 0 aromatic heterocycles. The van der Waals surface area contributed by atoms with E-state index >= 15 is 0 Å². The second-order valence-corrected chi connectivity index (χ2v) is 6.72. The maximum Gasteiger partial charge on any atom is 0.262 e. The van der Waals surface area contributed by atoms with E-state index in [1.165, 1.54) is 6.07 Å². The Kier molecular flexibility index (Phi) is 5.43. The number of benzene rings is 3. The number of rotatable bonds is 5. The Morgan fingerprint density at radius 1 is 0.933 bits per heavy atom. The van der Waals surface area contributed by atoms with Crippen molar-refractivity contribution in [1.29, 1.82) is 0 Å². The molecule has 3 aromatic rings. The quantitative estimate of drug-likeness (QED) is 0.612. The number of ether oxygens (including phenoxy) is 1. The Bertz CT molecular complexity index is 1080. The van der Waals surface area contributed by atoms with E-state index in [1.54, 1.807) is 48.5 Å². The number of carbonyl (C=O) groups is 3. The number of amides is 3. The fourth-order valence-corrected chi connectivity index (χ4v) is 3.12. The smallest absolute Gasteiger partial charge is 0.262 e. The third-order valence-corrected chi connectivity index (χ3v) is 4.59. The molecule has 3 N–H and O–H groups in total. The van der Waals surface area contributed by atoms with Gasteiger partial charge in [-0.2, -0.15) is 0 Å². The molecular formula is C23H19N3O4. The van der Waals surface area contributed by atoms with Crippen molar-refractivity contribution >= 4 is 29.1 Å². The number of hydrogen-bond donors (Lipinski definition) is 3. The van der Waals surface area contributed by atoms with E-state index in [1.807, 2.05) is 24.3 Å². The molecule has 0 spiro atoms. The first kappa shape index (κ1) is 19.2. The van der Waals surface area contributed by atoms with Gasteiger partial charge in [-0.15, -0.1) is 0 Å². The summed E-state index contributed by atoms with van der Waals surface area (Å²) in [6.07, 6.45) is 0. The van der Waals surface area contributed by atoms with Crippen LogP contribution in [0.2, 0.25) is 0 Å². The SMILES string of the molecule is O=C1COc2ccc(C(=O)NC(C(=O)Nc3ccccc3)c3ccccc3)cc2N1. The van der Waals surface area contributed by atoms with E-state index in [-0.39, 0.29) is 18.4 Å². The largest absolute Gasteiger partial charge is 0.482 e. The lowest BCUT2D eigenvalue weighted by atomic mass is 10.0. The second kappa shape index (κ2) is 8.48. The van der Waals surface area contributed by atoms with Crippen LogP contribution in [-0.2, 0) is 9.59 Å². The van der Waals surface area contributed by atoms with Crippen LogP contribution in [-0.4, -0.2) is 24.3 Å². The van der Waals surface area contributed by atoms with Crippen LogP contribution in [0, 0.1) is 0 Å². The van der Waals surface area contributed by atoms with Gasteiger partial charge in [0.05, 0.1) is 5.69 Å². The lowest BCUT2D eigenvalue weighted by Crippen LogP contribution is -2.37. The molecule has 0 saturated heterocycles. The van der Waals surface area contributed by atoms with Crippen molar-refractivity contribution in [2.75, 3.05) is 17.2 Å². The van der Waals surface area contributed by atoms with Crippen LogP contribution in [0.25, 0.3) is 0 Å². The first-order valence-corrected chi connectivity index (χ1v) is 9.38. The summed E-state index contributed by atoms with van der Waals surface area (Å²) in [6.45, 7) is -0.0612. The fraction of sp³-hybridized carbons (Fsp3) is 0.0870. The average Bonchev–Trinajstić information content (AvgIpc) is 2.78. The molecule has 0 bridgehead atoms. The molecule has 1 aliphatic heterocycles. The van der Waals surface area contributed by atoms with Gasteiger partial charge in [0.25, 0.3) is 17.7 Å². The molecule has 1 unspecified atom stereocenters. The molecule has 3 amide bonds. The van der Waals surface area contributed by atoms with Gasteiger partial charge >= 0.3 is 0 Å². The normalized spacial score (nSPS) is 13.3. The van der Waals surface area contributed by atoms with Crippen molar-refractivity contribution in [2.45, 2.75) is 6.04 Å². The van der Waals surface area contributed by atoms with E-state index in [9.17, 15) is 14.4 Å². The zero-order chi connectivity index (χ0) is 20.9. The lowest BCUT2D eigenvalue weighted by molar-refractivity contribution is -0.119. The summed E-state index contributed by atoms with van der Waals surface area (Å²) in [4.78, 5) is 37.4. The summed E-state index contributed by atoms with van der Waals surface area (Å²) in [6, 6.07) is 21.8. The zero-order valence-electron chi connectivity index (χ0n) is 15.9. The molecule has 0 fully saturated rings. The Morgan fingerprint density at radius 3 is 2.37 bits per heavy atom. The fourth-order valence-electron chi connectivity index (χ4n) is 3.12. The van der Waals surface area contributed by atoms with Crippen LogP contribution >= 0.6 is 0 Å². The highest BCUT2D eigenvalue weighted by Gasteiger charge is 2.24. The minimum Gasteiger partial charge on any atom is -0.482 e. The van der Waals surface area contributed by atoms with Gasteiger partial charge in [0.2, 0.25) is 0 Å². The molecule has 7 nitrogen and oxygen atoms in total. The van der Waals surface area contributed by atoms with Gasteiger partial charge < -0.3 is 20.7 Å². The molecule has 0 aliphatic carbocycles. The Balaban J connectivity index is 1.57. The molecule has 150 valence electrons. The van der Waals surface area contributed by atoms with Gasteiger partial charge in [-0.25, -0.2) is 0 Å². The minimum atomic E-state index is -0.902. The zero-order valence-corrected chi connectivity index (χ0v) is 15.9. The maximum absolute atomic E-state index is 13.0. The third-order valence-electron chi connectivity index (χ3n) is 4.59. The van der Waals surface area contributed by atoms with Gasteiger partial charge in [-0.1, -0.05) is 48.5 Å². The average molecular weight is 401 g/mol. The van der Waals surface area contributed by atoms with Crippen LogP contribution in [0.15, 0.2) is 78.9 Å². The molecular weight excluding hydrogens is 382 g/mol. The summed E-state index contributed by atoms with van der Waals surface area (Å²) in [7, 11) is 0. The van der Waals surface area contributed by atoms with E-state index < -0.39 is 11.9 Å². The van der Waals surface area contributed by atoms with Crippen molar-refractivity contribution < 1.29 is 19.1 Å². The lowest BCUT2D eigenvalue weighted by Gasteiger charge is -2.21. The Hall–Kier alpha value is -4.13. The molecule has 1 heterocycles. The molecule has 0 radical (unpaired) electrons. The highest BCUT2D eigenvalue weighted by Crippen LogP contribution is 2.28. The molecule has 0 saturated carbocycles. The van der Waals surface area contributed by atoms with Crippen LogP contribution in [0.4, 0.5) is 11.4 Å². The Morgan fingerprint density at radius 2 is 1.63 bits per heavy atom. The van der Waals surface area contributed by atoms with Crippen molar-refractivity contribution in [2.24, 2.45) is 0 Å². The topological polar surface area (TPSA) is 96.5 Å². The maximum atomic E-state index is 13.0. The van der Waals surface area contributed by atoms with E-state index in [4.69, 9.17) is 4.74 Å². The molecule has 3 aromatic carbocycles. The van der Waals surface area contributed by atoms with Gasteiger partial charge in [-0.3, -0.25) is 14.4 Å². The highest BCUT2D eigenvalue weighted by atomic mass is 16.5. The van der Waals surface area contributed by atoms with Crippen LogP contribution < -0.4 is 20.7 Å². The molecule has 30 heavy (non-hydrogen) atoms. The predicted octanol–water partition coefficient (Wildman–Crippen LogP) is 3.13. The van der Waals surface area contributed by atoms with Crippen LogP contribution in [0.5, 0.6) is 5.75 Å². The van der Waals surface area contributed by atoms with E-state index in [0.717, 1.165) is 0 Å². The first-order valence-electron chi connectivity index (χ1n) is 9.38. The third kappa shape index (κ3) is 4.30. The van der Waals surface area contributed by atoms with Gasteiger partial charge in [0.1, 0.15) is 11.8 Å². The number of anilines is 2. The van der Waals surface area contributed by atoms with Crippen molar-refractivity contribution in [3.8, 4) is 5.75 Å². The number of nitrogens with one attached hydrogen (secondary N) is 3. The predicted molar refractivity (Wildman–Crippen MR) is 112 cm³/mol. The molecule has 1 atom stereocenters. The summed E-state index contributed by atoms with van der Waals surface area (Å²) in [5, 5.41) is 8.28. The number of hydrogen-bond acceptors (Lipinski definition) is 4. The van der Waals surface area contributed by atoms with Gasteiger partial charge in [-0.05, 0) is 35.9 Å². The first-order chi connectivity index (χ1) is 14.6. The summed E-state index contributed by atoms with van der Waals surface area (Å²) < 4.78 is 5.32. The van der Waals surface area contributed by atoms with E-state index in [2.05, 4.69) is 16.0 Å². The molecule has 7 heteroatoms. The number of carbonyl (C=O) groups excluding carboxylic acids is 3.